The molecule has 1 unspecified atom stereocenters. The van der Waals surface area contributed by atoms with Gasteiger partial charge in [0.05, 0.1) is 30.3 Å². The molecule has 31 heavy (non-hydrogen) atoms. The van der Waals surface area contributed by atoms with Crippen molar-refractivity contribution in [2.75, 3.05) is 6.61 Å². The summed E-state index contributed by atoms with van der Waals surface area (Å²) in [5.74, 6) is -0.313. The molecule has 1 N–H and O–H groups in total. The number of carbonyl (C=O) groups is 1. The van der Waals surface area contributed by atoms with E-state index in [9.17, 15) is 9.90 Å². The predicted molar refractivity (Wildman–Crippen MR) is 122 cm³/mol. The number of ketones is 1. The summed E-state index contributed by atoms with van der Waals surface area (Å²) >= 11 is 0. The molecule has 1 aliphatic rings. The normalized spacial score (nSPS) is 15.8. The summed E-state index contributed by atoms with van der Waals surface area (Å²) in [7, 11) is 0. The molecular weight excluding hydrogens is 386 g/mol. The van der Waals surface area contributed by atoms with E-state index in [-0.39, 0.29) is 18.4 Å². The van der Waals surface area contributed by atoms with E-state index in [1.54, 1.807) is 0 Å². The molecule has 1 aromatic heterocycles. The van der Waals surface area contributed by atoms with Gasteiger partial charge in [0, 0.05) is 16.5 Å². The minimum Gasteiger partial charge on any atom is -0.376 e. The first-order valence-corrected chi connectivity index (χ1v) is 10.6. The first-order chi connectivity index (χ1) is 15.1. The second-order valence-corrected chi connectivity index (χ2v) is 8.25. The third-order valence-electron chi connectivity index (χ3n) is 6.31. The highest BCUT2D eigenvalue weighted by molar-refractivity contribution is 6.05. The first-order valence-electron chi connectivity index (χ1n) is 10.6. The molecule has 0 radical (unpaired) electrons. The molecule has 0 saturated heterocycles. The number of ether oxygens (including phenoxy) is 1. The van der Waals surface area contributed by atoms with Crippen molar-refractivity contribution in [3.8, 4) is 11.3 Å². The number of aromatic nitrogens is 1. The molecule has 2 heterocycles. The van der Waals surface area contributed by atoms with Gasteiger partial charge in [-0.1, -0.05) is 66.2 Å². The summed E-state index contributed by atoms with van der Waals surface area (Å²) < 4.78 is 8.03. The maximum absolute atomic E-state index is 13.6. The smallest absolute Gasteiger partial charge is 0.172 e. The van der Waals surface area contributed by atoms with Crippen molar-refractivity contribution in [3.05, 3.63) is 94.5 Å². The number of aliphatic hydroxyl groups excluding tert-OH is 1. The number of nitrogens with zero attached hydrogens (tertiary/aromatic N) is 1. The van der Waals surface area contributed by atoms with Gasteiger partial charge in [-0.05, 0) is 36.6 Å². The monoisotopic (exact) mass is 411 g/mol. The number of aryl methyl sites for hydroxylation is 2. The van der Waals surface area contributed by atoms with Crippen LogP contribution >= 0.6 is 0 Å². The molecule has 1 atom stereocenters. The fraction of sp³-hybridized carbons (Fsp3) is 0.222. The molecule has 0 saturated carbocycles. The van der Waals surface area contributed by atoms with Crippen LogP contribution in [0.25, 0.3) is 22.2 Å². The molecule has 0 aliphatic carbocycles. The summed E-state index contributed by atoms with van der Waals surface area (Å²) in [4.78, 5) is 13.6. The predicted octanol–water partition coefficient (Wildman–Crippen LogP) is 5.37. The van der Waals surface area contributed by atoms with Crippen LogP contribution in [0.2, 0.25) is 0 Å². The van der Waals surface area contributed by atoms with Gasteiger partial charge in [-0.25, -0.2) is 0 Å². The van der Waals surface area contributed by atoms with Crippen molar-refractivity contribution < 1.29 is 14.6 Å². The van der Waals surface area contributed by atoms with E-state index >= 15 is 0 Å². The zero-order valence-electron chi connectivity index (χ0n) is 17.8. The van der Waals surface area contributed by atoms with E-state index in [1.807, 2.05) is 78.2 Å². The molecule has 4 aromatic rings. The summed E-state index contributed by atoms with van der Waals surface area (Å²) in [6, 6.07) is 21.9. The van der Waals surface area contributed by atoms with E-state index in [1.165, 1.54) is 0 Å². The Morgan fingerprint density at radius 1 is 1.03 bits per heavy atom. The zero-order valence-corrected chi connectivity index (χ0v) is 17.8. The minimum atomic E-state index is -0.383. The molecule has 0 bridgehead atoms. The number of aliphatic hydroxyl groups is 1. The summed E-state index contributed by atoms with van der Waals surface area (Å²) in [6.45, 7) is 4.68. The largest absolute Gasteiger partial charge is 0.376 e. The molecule has 3 aromatic carbocycles. The Labute approximate surface area is 181 Å². The SMILES string of the molecule is Cc1ccc(C(=O)C2COCc3c(-c4ccccc4)n(CO)c4ccc(C)c2c34)cc1. The molecule has 0 spiro atoms. The lowest BCUT2D eigenvalue weighted by Crippen LogP contribution is -2.19. The van der Waals surface area contributed by atoms with Crippen molar-refractivity contribution >= 4 is 16.7 Å². The zero-order chi connectivity index (χ0) is 21.5. The van der Waals surface area contributed by atoms with Crippen LogP contribution in [0.5, 0.6) is 0 Å². The van der Waals surface area contributed by atoms with Gasteiger partial charge in [-0.3, -0.25) is 4.79 Å². The van der Waals surface area contributed by atoms with Crippen molar-refractivity contribution in [2.24, 2.45) is 0 Å². The van der Waals surface area contributed by atoms with Gasteiger partial charge < -0.3 is 14.4 Å². The standard InChI is InChI=1S/C27H25NO3/c1-17-8-11-20(12-9-17)27(30)22-15-31-14-21-25-23(13-10-18(2)24(22)25)28(16-29)26(21)19-6-4-3-5-7-19/h3-13,22,29H,14-16H2,1-2H3. The average molecular weight is 412 g/mol. The minimum absolute atomic E-state index is 0.0708. The topological polar surface area (TPSA) is 51.5 Å². The number of benzene rings is 3. The third kappa shape index (κ3) is 3.19. The Balaban J connectivity index is 1.77. The molecule has 4 nitrogen and oxygen atoms in total. The van der Waals surface area contributed by atoms with Crippen molar-refractivity contribution in [1.82, 2.24) is 4.57 Å². The number of Topliss-reactive ketones (excluding diaryl/α,β-unsaturated/α-hetero) is 1. The van der Waals surface area contributed by atoms with E-state index in [4.69, 9.17) is 4.74 Å². The van der Waals surface area contributed by atoms with E-state index in [2.05, 4.69) is 6.92 Å². The third-order valence-corrected chi connectivity index (χ3v) is 6.31. The number of hydrogen-bond acceptors (Lipinski definition) is 3. The van der Waals surface area contributed by atoms with Crippen LogP contribution in [0.1, 0.15) is 38.5 Å². The van der Waals surface area contributed by atoms with Gasteiger partial charge >= 0.3 is 0 Å². The molecule has 4 heteroatoms. The van der Waals surface area contributed by atoms with Gasteiger partial charge in [0.1, 0.15) is 6.73 Å². The fourth-order valence-corrected chi connectivity index (χ4v) is 4.81. The number of hydrogen-bond donors (Lipinski definition) is 1. The van der Waals surface area contributed by atoms with Gasteiger partial charge in [0.25, 0.3) is 0 Å². The van der Waals surface area contributed by atoms with E-state index in [0.29, 0.717) is 18.8 Å². The summed E-state index contributed by atoms with van der Waals surface area (Å²) in [5.41, 5.74) is 7.86. The molecule has 0 amide bonds. The van der Waals surface area contributed by atoms with Crippen molar-refractivity contribution in [2.45, 2.75) is 33.1 Å². The number of rotatable bonds is 4. The fourth-order valence-electron chi connectivity index (χ4n) is 4.81. The summed E-state index contributed by atoms with van der Waals surface area (Å²) in [5, 5.41) is 11.3. The van der Waals surface area contributed by atoms with Gasteiger partial charge in [-0.2, -0.15) is 0 Å². The second kappa shape index (κ2) is 7.80. The highest BCUT2D eigenvalue weighted by Gasteiger charge is 2.32. The highest BCUT2D eigenvalue weighted by atomic mass is 16.5. The summed E-state index contributed by atoms with van der Waals surface area (Å²) in [6.07, 6.45) is 0. The first kappa shape index (κ1) is 19.7. The molecule has 156 valence electrons. The van der Waals surface area contributed by atoms with Crippen LogP contribution in [0.3, 0.4) is 0 Å². The lowest BCUT2D eigenvalue weighted by Gasteiger charge is -2.18. The quantitative estimate of drug-likeness (QED) is 0.459. The Morgan fingerprint density at radius 3 is 2.48 bits per heavy atom. The van der Waals surface area contributed by atoms with Gasteiger partial charge in [0.2, 0.25) is 0 Å². The maximum Gasteiger partial charge on any atom is 0.172 e. The Hall–Kier alpha value is -3.21. The lowest BCUT2D eigenvalue weighted by atomic mass is 9.85. The molecular formula is C27H25NO3. The van der Waals surface area contributed by atoms with Gasteiger partial charge in [-0.15, -0.1) is 0 Å². The Morgan fingerprint density at radius 2 is 1.77 bits per heavy atom. The van der Waals surface area contributed by atoms with Crippen LogP contribution in [-0.4, -0.2) is 22.1 Å². The van der Waals surface area contributed by atoms with Crippen LogP contribution in [0.4, 0.5) is 0 Å². The molecule has 1 aliphatic heterocycles. The van der Waals surface area contributed by atoms with Crippen LogP contribution in [0.15, 0.2) is 66.7 Å². The second-order valence-electron chi connectivity index (χ2n) is 8.25. The Kier molecular flexibility index (Phi) is 4.97. The average Bonchev–Trinajstić information content (AvgIpc) is 2.97. The maximum atomic E-state index is 13.6. The van der Waals surface area contributed by atoms with Crippen molar-refractivity contribution in [3.63, 3.8) is 0 Å². The number of carbonyl (C=O) groups excluding carboxylic acids is 1. The molecule has 0 fully saturated rings. The van der Waals surface area contributed by atoms with Crippen LogP contribution < -0.4 is 0 Å². The van der Waals surface area contributed by atoms with Crippen LogP contribution in [0, 0.1) is 13.8 Å². The van der Waals surface area contributed by atoms with Crippen LogP contribution in [-0.2, 0) is 18.1 Å². The highest BCUT2D eigenvalue weighted by Crippen LogP contribution is 2.42. The van der Waals surface area contributed by atoms with E-state index < -0.39 is 0 Å². The lowest BCUT2D eigenvalue weighted by molar-refractivity contribution is 0.0793. The van der Waals surface area contributed by atoms with E-state index in [0.717, 1.165) is 44.4 Å². The molecule has 5 rings (SSSR count). The Bertz CT molecular complexity index is 1270. The van der Waals surface area contributed by atoms with Gasteiger partial charge in [0.15, 0.2) is 5.78 Å². The van der Waals surface area contributed by atoms with Crippen molar-refractivity contribution in [1.29, 1.82) is 0 Å².